The molecule has 618 valence electrons. The number of amides is 16. The molecule has 1 heterocycles. The van der Waals surface area contributed by atoms with Gasteiger partial charge in [0.15, 0.2) is 5.96 Å². The van der Waals surface area contributed by atoms with Gasteiger partial charge in [-0.1, -0.05) is 78.9 Å². The predicted octanol–water partition coefficient (Wildman–Crippen LogP) is -6.05. The average Bonchev–Trinajstić information content (AvgIpc) is 1.63. The Morgan fingerprint density at radius 3 is 0.930 bits per heavy atom. The summed E-state index contributed by atoms with van der Waals surface area (Å²) in [6.45, 7) is 1.00. The van der Waals surface area contributed by atoms with Crippen molar-refractivity contribution < 1.29 is 106 Å². The number of nitrogens with two attached hydrogens (primary N) is 6. The number of carboxylic acids is 3. The van der Waals surface area contributed by atoms with Gasteiger partial charge in [-0.25, -0.2) is 0 Å². The van der Waals surface area contributed by atoms with Crippen LogP contribution >= 0.6 is 0 Å². The minimum atomic E-state index is -1.95. The van der Waals surface area contributed by atoms with Crippen LogP contribution in [0.2, 0.25) is 0 Å². The van der Waals surface area contributed by atoms with Crippen molar-refractivity contribution in [3.8, 4) is 0 Å². The van der Waals surface area contributed by atoms with Crippen molar-refractivity contribution in [3.63, 3.8) is 0 Å². The summed E-state index contributed by atoms with van der Waals surface area (Å²) in [7, 11) is 0. The molecule has 0 unspecified atom stereocenters. The molecule has 0 spiro atoms. The first-order valence-corrected chi connectivity index (χ1v) is 36.0. The van der Waals surface area contributed by atoms with Crippen LogP contribution in [0.5, 0.6) is 0 Å². The highest BCUT2D eigenvalue weighted by Gasteiger charge is 2.38. The Bertz CT molecular complexity index is 4130. The Hall–Kier alpha value is -13.6. The quantitative estimate of drug-likeness (QED) is 0.0111. The van der Waals surface area contributed by atoms with E-state index in [1.165, 1.54) is 18.3 Å². The first-order chi connectivity index (χ1) is 53.9. The Morgan fingerprint density at radius 2 is 0.614 bits per heavy atom. The van der Waals surface area contributed by atoms with Gasteiger partial charge in [0.1, 0.15) is 66.5 Å². The zero-order valence-electron chi connectivity index (χ0n) is 62.2. The van der Waals surface area contributed by atoms with E-state index in [1.807, 2.05) is 0 Å². The zero-order chi connectivity index (χ0) is 84.7. The maximum absolute atomic E-state index is 15.1. The van der Waals surface area contributed by atoms with Crippen molar-refractivity contribution in [2.24, 2.45) is 34.4 Å². The number of aliphatic carboxylic acids is 3. The van der Waals surface area contributed by atoms with Crippen molar-refractivity contribution in [2.45, 2.75) is 195 Å². The lowest BCUT2D eigenvalue weighted by Crippen LogP contribution is -2.61. The summed E-state index contributed by atoms with van der Waals surface area (Å²) >= 11 is 0. The van der Waals surface area contributed by atoms with Gasteiger partial charge in [0.25, 0.3) is 0 Å². The highest BCUT2D eigenvalue weighted by atomic mass is 16.4. The van der Waals surface area contributed by atoms with Gasteiger partial charge in [0.05, 0.1) is 0 Å². The lowest BCUT2D eigenvalue weighted by atomic mass is 10.0. The molecule has 1 aromatic heterocycles. The van der Waals surface area contributed by atoms with E-state index in [4.69, 9.17) is 39.8 Å². The topological polar surface area (TPSA) is 725 Å². The molecule has 4 rings (SSSR count). The summed E-state index contributed by atoms with van der Waals surface area (Å²) in [6.07, 6.45) is -8.46. The minimum Gasteiger partial charge on any atom is -0.481 e. The number of fused-ring (bicyclic) bond motifs is 1. The fraction of sp³-hybridized carbons (Fsp3) is 0.444. The van der Waals surface area contributed by atoms with Gasteiger partial charge < -0.3 is 119 Å². The average molecular weight is 1600 g/mol. The SMILES string of the molecule is CC(=O)N[C@@H](CCC(N)=O)C(=O)N[C@@H](CCC(N)=O)C(=O)N[C@@H](CCCNC(=N)N)C(=O)N[C@@H](Cc1ccccc1)C(=O)N[C@@H](CCC(=O)O)C(=O)N[C@@H](Cc1c[nH]c2ccccc12)C(=O)N[C@@H](CCC(=O)O)C(=O)N[C@@H](Cc1ccccc1)C(=O)N[C@@H](CCC(=O)O)C(=O)N[C@@H](CCC(N)=O)C(=O)N[C@@H](CCC(N)=O)C(N)=O. The van der Waals surface area contributed by atoms with E-state index in [-0.39, 0.29) is 38.6 Å². The van der Waals surface area contributed by atoms with Gasteiger partial charge in [-0.3, -0.25) is 96.5 Å². The normalized spacial score (nSPS) is 13.8. The Morgan fingerprint density at radius 1 is 0.342 bits per heavy atom. The molecule has 42 nitrogen and oxygen atoms in total. The summed E-state index contributed by atoms with van der Waals surface area (Å²) in [5.74, 6) is -22.1. The molecular formula is C72H98N20O22. The third kappa shape index (κ3) is 34.5. The van der Waals surface area contributed by atoms with E-state index < -0.39 is 275 Å². The number of carbonyl (C=O) groups excluding carboxylic acids is 16. The molecule has 42 heteroatoms. The second-order valence-electron chi connectivity index (χ2n) is 26.5. The summed E-state index contributed by atoms with van der Waals surface area (Å²) < 4.78 is 0. The van der Waals surface area contributed by atoms with Gasteiger partial charge in [0.2, 0.25) is 94.5 Å². The van der Waals surface area contributed by atoms with E-state index in [1.54, 1.807) is 72.8 Å². The molecule has 4 aromatic rings. The van der Waals surface area contributed by atoms with Crippen molar-refractivity contribution >= 4 is 129 Å². The number of hydrogen-bond acceptors (Lipinski definition) is 20. The molecule has 0 aliphatic heterocycles. The van der Waals surface area contributed by atoms with Gasteiger partial charge >= 0.3 is 17.9 Å². The highest BCUT2D eigenvalue weighted by molar-refractivity contribution is 6.01. The number of nitrogens with one attached hydrogen (secondary N) is 14. The summed E-state index contributed by atoms with van der Waals surface area (Å²) in [5.41, 5.74) is 33.8. The number of aromatic amines is 1. The number of guanidine groups is 1. The molecule has 0 bridgehead atoms. The third-order valence-corrected chi connectivity index (χ3v) is 17.4. The van der Waals surface area contributed by atoms with Crippen LogP contribution in [0.4, 0.5) is 0 Å². The van der Waals surface area contributed by atoms with Crippen LogP contribution in [0.15, 0.2) is 91.1 Å². The van der Waals surface area contributed by atoms with Crippen LogP contribution in [0.25, 0.3) is 10.9 Å². The molecule has 114 heavy (non-hydrogen) atoms. The Labute approximate surface area is 651 Å². The highest BCUT2D eigenvalue weighted by Crippen LogP contribution is 2.21. The smallest absolute Gasteiger partial charge is 0.303 e. The molecule has 0 fully saturated rings. The first-order valence-electron chi connectivity index (χ1n) is 36.0. The van der Waals surface area contributed by atoms with Crippen LogP contribution in [0, 0.1) is 5.41 Å². The van der Waals surface area contributed by atoms with Crippen molar-refractivity contribution in [2.75, 3.05) is 6.54 Å². The predicted molar refractivity (Wildman–Crippen MR) is 402 cm³/mol. The van der Waals surface area contributed by atoms with Gasteiger partial charge in [-0.15, -0.1) is 0 Å². The van der Waals surface area contributed by atoms with Gasteiger partial charge in [-0.05, 0) is 80.5 Å². The number of primary amides is 5. The van der Waals surface area contributed by atoms with Crippen LogP contribution < -0.4 is 98.2 Å². The molecule has 11 atom stereocenters. The maximum atomic E-state index is 15.1. The second-order valence-corrected chi connectivity index (χ2v) is 26.5. The lowest BCUT2D eigenvalue weighted by Gasteiger charge is -2.28. The van der Waals surface area contributed by atoms with Crippen molar-refractivity contribution in [1.82, 2.24) is 68.8 Å². The largest absolute Gasteiger partial charge is 0.481 e. The zero-order valence-corrected chi connectivity index (χ0v) is 62.2. The first kappa shape index (κ1) is 92.8. The molecule has 0 aliphatic rings. The molecule has 16 amide bonds. The summed E-state index contributed by atoms with van der Waals surface area (Å²) in [4.78, 5) is 257. The van der Waals surface area contributed by atoms with Crippen molar-refractivity contribution in [3.05, 3.63) is 108 Å². The third-order valence-electron chi connectivity index (χ3n) is 17.4. The maximum Gasteiger partial charge on any atom is 0.303 e. The number of hydrogen-bond donors (Lipinski definition) is 23. The lowest BCUT2D eigenvalue weighted by molar-refractivity contribution is -0.139. The Kier molecular flexibility index (Phi) is 38.6. The fourth-order valence-electron chi connectivity index (χ4n) is 11.5. The molecular weight excluding hydrogens is 1500 g/mol. The minimum absolute atomic E-state index is 0.0337. The van der Waals surface area contributed by atoms with Crippen molar-refractivity contribution in [1.29, 1.82) is 5.41 Å². The van der Waals surface area contributed by atoms with Crippen LogP contribution in [0.3, 0.4) is 0 Å². The number of carboxylic acid groups (broad SMARTS) is 3. The summed E-state index contributed by atoms with van der Waals surface area (Å²) in [5, 5.41) is 67.0. The molecule has 0 saturated carbocycles. The van der Waals surface area contributed by atoms with E-state index in [0.29, 0.717) is 27.6 Å². The second kappa shape index (κ2) is 47.5. The molecule has 3 aromatic carbocycles. The molecule has 0 aliphatic carbocycles. The van der Waals surface area contributed by atoms with E-state index in [0.717, 1.165) is 6.92 Å². The number of carbonyl (C=O) groups is 19. The standard InChI is InChI=1S/C72H98N20O22/c1-37(93)82-45(19-26-55(74)95)63(106)85-47(21-28-57(76)97)65(108)84-44(17-10-32-80-72(78)79)62(105)90-51(33-38-11-4-2-5-12-38)69(112)88-50(24-31-60(102)103)68(111)92-53(35-40-36-81-42-16-9-8-15-41(40)42)71(114)89-49(23-30-59(100)101)67(110)91-52(34-39-13-6-3-7-14-39)70(113)87-48(22-29-58(98)99)66(109)86-46(20-27-56(75)96)64(107)83-43(61(77)104)18-25-54(73)94/h2-9,11-16,36,43-53,81H,10,17-35H2,1H3,(H2,73,94)(H2,74,95)(H2,75,96)(H2,76,97)(H2,77,104)(H,82,93)(H,83,107)(H,84,108)(H,85,106)(H,86,109)(H,87,113)(H,88,112)(H,89,114)(H,90,105)(H,91,110)(H,92,111)(H,98,99)(H,100,101)(H,102,103)(H4,78,79,80)/t43-,44-,45-,46-,47-,48-,49-,50-,51-,52-,53-/m0/s1. The van der Waals surface area contributed by atoms with E-state index in [9.17, 15) is 96.8 Å². The van der Waals surface area contributed by atoms with E-state index in [2.05, 4.69) is 68.8 Å². The Balaban J connectivity index is 1.78. The molecule has 29 N–H and O–H groups in total. The number of benzene rings is 3. The number of aromatic nitrogens is 1. The van der Waals surface area contributed by atoms with Gasteiger partial charge in [-0.2, -0.15) is 0 Å². The number of rotatable bonds is 53. The molecule has 0 radical (unpaired) electrons. The number of H-pyrrole nitrogens is 1. The van der Waals surface area contributed by atoms with Crippen LogP contribution in [-0.2, 0) is 110 Å². The summed E-state index contributed by atoms with van der Waals surface area (Å²) in [6, 6.07) is 3.05. The monoisotopic (exact) mass is 1590 g/mol. The van der Waals surface area contributed by atoms with Crippen LogP contribution in [0.1, 0.15) is 126 Å². The van der Waals surface area contributed by atoms with Gasteiger partial charge in [0, 0.05) is 94.8 Å². The molecule has 0 saturated heterocycles. The number of para-hydroxylation sites is 1. The van der Waals surface area contributed by atoms with E-state index >= 15 is 9.59 Å². The fourth-order valence-corrected chi connectivity index (χ4v) is 11.5. The van der Waals surface area contributed by atoms with Crippen LogP contribution in [-0.4, -0.2) is 212 Å².